The molecule has 0 aliphatic carbocycles. The second-order valence-electron chi connectivity index (χ2n) is 5.40. The molecule has 1 aliphatic rings. The van der Waals surface area contributed by atoms with Crippen molar-refractivity contribution >= 4 is 18.0 Å². The molecule has 2 rings (SSSR count). The first-order valence-corrected chi connectivity index (χ1v) is 8.20. The molecule has 6 nitrogen and oxygen atoms in total. The molecule has 0 unspecified atom stereocenters. The molecule has 0 radical (unpaired) electrons. The topological polar surface area (TPSA) is 73.9 Å². The summed E-state index contributed by atoms with van der Waals surface area (Å²) in [4.78, 5) is 23.1. The highest BCUT2D eigenvalue weighted by Gasteiger charge is 2.10. The lowest BCUT2D eigenvalue weighted by atomic mass is 10.2. The summed E-state index contributed by atoms with van der Waals surface area (Å²) in [5.74, 6) is 0.517. The standard InChI is InChI=1S/C18H23NO5/c1-2-3-9-19-17(20)13-24-18(21)8-6-14-5-7-15-16(12-14)23-11-4-10-22-15/h5-8,12H,2-4,9-11,13H2,1H3,(H,19,20)/b8-6+. The van der Waals surface area contributed by atoms with Gasteiger partial charge < -0.3 is 19.5 Å². The Bertz CT molecular complexity index is 597. The molecule has 0 atom stereocenters. The lowest BCUT2D eigenvalue weighted by molar-refractivity contribution is -0.143. The molecule has 0 bridgehead atoms. The number of hydrogen-bond donors (Lipinski definition) is 1. The predicted octanol–water partition coefficient (Wildman–Crippen LogP) is 2.32. The van der Waals surface area contributed by atoms with Crippen LogP contribution in [-0.2, 0) is 14.3 Å². The van der Waals surface area contributed by atoms with Gasteiger partial charge in [0.25, 0.3) is 5.91 Å². The smallest absolute Gasteiger partial charge is 0.331 e. The third-order valence-corrected chi connectivity index (χ3v) is 3.38. The van der Waals surface area contributed by atoms with Crippen molar-refractivity contribution in [2.75, 3.05) is 26.4 Å². The van der Waals surface area contributed by atoms with Gasteiger partial charge in [-0.2, -0.15) is 0 Å². The molecule has 0 saturated heterocycles. The van der Waals surface area contributed by atoms with E-state index < -0.39 is 5.97 Å². The average Bonchev–Trinajstić information content (AvgIpc) is 2.83. The Balaban J connectivity index is 1.81. The van der Waals surface area contributed by atoms with Gasteiger partial charge in [0, 0.05) is 19.0 Å². The number of benzene rings is 1. The van der Waals surface area contributed by atoms with Gasteiger partial charge in [-0.3, -0.25) is 4.79 Å². The Labute approximate surface area is 141 Å². The van der Waals surface area contributed by atoms with E-state index in [1.54, 1.807) is 6.08 Å². The Morgan fingerprint density at radius 1 is 1.25 bits per heavy atom. The zero-order chi connectivity index (χ0) is 17.2. The van der Waals surface area contributed by atoms with Crippen molar-refractivity contribution in [1.82, 2.24) is 5.32 Å². The second-order valence-corrected chi connectivity index (χ2v) is 5.40. The van der Waals surface area contributed by atoms with Crippen molar-refractivity contribution in [2.45, 2.75) is 26.2 Å². The molecule has 0 spiro atoms. The van der Waals surface area contributed by atoms with Gasteiger partial charge in [0.1, 0.15) is 0 Å². The molecule has 24 heavy (non-hydrogen) atoms. The highest BCUT2D eigenvalue weighted by molar-refractivity contribution is 5.89. The van der Waals surface area contributed by atoms with Crippen LogP contribution in [0.1, 0.15) is 31.7 Å². The maximum atomic E-state index is 11.6. The minimum Gasteiger partial charge on any atom is -0.490 e. The van der Waals surface area contributed by atoms with Gasteiger partial charge in [-0.1, -0.05) is 19.4 Å². The number of unbranched alkanes of at least 4 members (excludes halogenated alkanes) is 1. The second kappa shape index (κ2) is 9.60. The SMILES string of the molecule is CCCCNC(=O)COC(=O)/C=C/c1ccc2c(c1)OCCCO2. The molecule has 130 valence electrons. The molecular weight excluding hydrogens is 310 g/mol. The monoisotopic (exact) mass is 333 g/mol. The minimum atomic E-state index is -0.562. The van der Waals surface area contributed by atoms with E-state index in [1.165, 1.54) is 6.08 Å². The summed E-state index contributed by atoms with van der Waals surface area (Å²) in [5, 5.41) is 2.68. The fraction of sp³-hybridized carbons (Fsp3) is 0.444. The lowest BCUT2D eigenvalue weighted by Crippen LogP contribution is -2.29. The van der Waals surface area contributed by atoms with Crippen molar-refractivity contribution in [3.05, 3.63) is 29.8 Å². The van der Waals surface area contributed by atoms with Gasteiger partial charge >= 0.3 is 5.97 Å². The van der Waals surface area contributed by atoms with E-state index in [0.29, 0.717) is 31.3 Å². The van der Waals surface area contributed by atoms with Crippen LogP contribution in [0, 0.1) is 0 Å². The summed E-state index contributed by atoms with van der Waals surface area (Å²) in [6.45, 7) is 3.61. The summed E-state index contributed by atoms with van der Waals surface area (Å²) in [6.07, 6.45) is 5.65. The molecule has 1 aliphatic heterocycles. The van der Waals surface area contributed by atoms with Crippen molar-refractivity contribution in [3.8, 4) is 11.5 Å². The summed E-state index contributed by atoms with van der Waals surface area (Å²) >= 11 is 0. The first-order valence-electron chi connectivity index (χ1n) is 8.20. The van der Waals surface area contributed by atoms with Crippen molar-refractivity contribution < 1.29 is 23.8 Å². The van der Waals surface area contributed by atoms with Crippen LogP contribution in [0.5, 0.6) is 11.5 Å². The van der Waals surface area contributed by atoms with Crippen LogP contribution < -0.4 is 14.8 Å². The van der Waals surface area contributed by atoms with Gasteiger partial charge in [-0.05, 0) is 30.2 Å². The number of ether oxygens (including phenoxy) is 3. The normalized spacial score (nSPS) is 13.4. The highest BCUT2D eigenvalue weighted by Crippen LogP contribution is 2.30. The van der Waals surface area contributed by atoms with E-state index in [9.17, 15) is 9.59 Å². The predicted molar refractivity (Wildman–Crippen MR) is 90.0 cm³/mol. The first-order chi connectivity index (χ1) is 11.7. The number of fused-ring (bicyclic) bond motifs is 1. The molecule has 1 amide bonds. The van der Waals surface area contributed by atoms with Crippen LogP contribution in [0.15, 0.2) is 24.3 Å². The summed E-state index contributed by atoms with van der Waals surface area (Å²) in [5.41, 5.74) is 0.795. The Hall–Kier alpha value is -2.50. The molecule has 1 aromatic rings. The Morgan fingerprint density at radius 3 is 2.83 bits per heavy atom. The van der Waals surface area contributed by atoms with E-state index in [0.717, 1.165) is 24.8 Å². The van der Waals surface area contributed by atoms with E-state index >= 15 is 0 Å². The van der Waals surface area contributed by atoms with Crippen LogP contribution in [0.25, 0.3) is 6.08 Å². The lowest BCUT2D eigenvalue weighted by Gasteiger charge is -2.07. The molecule has 0 saturated carbocycles. The van der Waals surface area contributed by atoms with Crippen LogP contribution in [0.3, 0.4) is 0 Å². The van der Waals surface area contributed by atoms with Crippen molar-refractivity contribution in [2.24, 2.45) is 0 Å². The van der Waals surface area contributed by atoms with Gasteiger partial charge in [0.05, 0.1) is 13.2 Å². The van der Waals surface area contributed by atoms with Gasteiger partial charge in [-0.15, -0.1) is 0 Å². The number of carbonyl (C=O) groups excluding carboxylic acids is 2. The number of rotatable bonds is 7. The Morgan fingerprint density at radius 2 is 2.04 bits per heavy atom. The zero-order valence-electron chi connectivity index (χ0n) is 13.9. The van der Waals surface area contributed by atoms with Gasteiger partial charge in [-0.25, -0.2) is 4.79 Å². The molecule has 0 aromatic heterocycles. The van der Waals surface area contributed by atoms with E-state index in [4.69, 9.17) is 14.2 Å². The number of carbonyl (C=O) groups is 2. The first kappa shape index (κ1) is 17.8. The molecule has 0 fully saturated rings. The number of nitrogens with one attached hydrogen (secondary N) is 1. The highest BCUT2D eigenvalue weighted by atomic mass is 16.5. The summed E-state index contributed by atoms with van der Waals surface area (Å²) < 4.78 is 16.0. The third-order valence-electron chi connectivity index (χ3n) is 3.38. The van der Waals surface area contributed by atoms with Crippen LogP contribution in [0.4, 0.5) is 0 Å². The van der Waals surface area contributed by atoms with E-state index in [1.807, 2.05) is 25.1 Å². The van der Waals surface area contributed by atoms with E-state index in [2.05, 4.69) is 5.32 Å². The molecule has 1 heterocycles. The van der Waals surface area contributed by atoms with Crippen LogP contribution in [0.2, 0.25) is 0 Å². The maximum absolute atomic E-state index is 11.6. The maximum Gasteiger partial charge on any atom is 0.331 e. The minimum absolute atomic E-state index is 0.270. The summed E-state index contributed by atoms with van der Waals surface area (Å²) in [7, 11) is 0. The largest absolute Gasteiger partial charge is 0.490 e. The molecule has 1 aromatic carbocycles. The fourth-order valence-electron chi connectivity index (χ4n) is 2.09. The fourth-order valence-corrected chi connectivity index (χ4v) is 2.09. The quantitative estimate of drug-likeness (QED) is 0.471. The molecule has 6 heteroatoms. The van der Waals surface area contributed by atoms with Crippen molar-refractivity contribution in [1.29, 1.82) is 0 Å². The van der Waals surface area contributed by atoms with Gasteiger partial charge in [0.15, 0.2) is 18.1 Å². The molecule has 1 N–H and O–H groups in total. The molecular formula is C18H23NO5. The number of amides is 1. The average molecular weight is 333 g/mol. The van der Waals surface area contributed by atoms with E-state index in [-0.39, 0.29) is 12.5 Å². The summed E-state index contributed by atoms with van der Waals surface area (Å²) in [6, 6.07) is 5.45. The third kappa shape index (κ3) is 5.95. The number of esters is 1. The van der Waals surface area contributed by atoms with Crippen LogP contribution >= 0.6 is 0 Å². The van der Waals surface area contributed by atoms with Gasteiger partial charge in [0.2, 0.25) is 0 Å². The van der Waals surface area contributed by atoms with Crippen molar-refractivity contribution in [3.63, 3.8) is 0 Å². The van der Waals surface area contributed by atoms with Crippen LogP contribution in [-0.4, -0.2) is 38.2 Å². The Kier molecular flexibility index (Phi) is 7.14. The zero-order valence-corrected chi connectivity index (χ0v) is 13.9. The number of hydrogen-bond acceptors (Lipinski definition) is 5.